The summed E-state index contributed by atoms with van der Waals surface area (Å²) in [6.07, 6.45) is 2.00. The minimum atomic E-state index is -0.430. The number of carbonyl (C=O) groups excluding carboxylic acids is 2. The van der Waals surface area contributed by atoms with Crippen molar-refractivity contribution in [3.8, 4) is 0 Å². The Balaban J connectivity index is 1.63. The number of hydrogen-bond acceptors (Lipinski definition) is 6. The Morgan fingerprint density at radius 2 is 1.60 bits per heavy atom. The minimum absolute atomic E-state index is 0.0176. The van der Waals surface area contributed by atoms with Crippen LogP contribution in [0.4, 0.5) is 5.13 Å². The van der Waals surface area contributed by atoms with Gasteiger partial charge >= 0.3 is 0 Å². The molecule has 1 fully saturated rings. The third-order valence-corrected chi connectivity index (χ3v) is 7.29. The molecule has 0 spiro atoms. The Bertz CT molecular complexity index is 1060. The van der Waals surface area contributed by atoms with Crippen molar-refractivity contribution < 1.29 is 9.59 Å². The van der Waals surface area contributed by atoms with E-state index in [1.54, 1.807) is 11.8 Å². The quantitative estimate of drug-likeness (QED) is 0.282. The maximum atomic E-state index is 13.4. The summed E-state index contributed by atoms with van der Waals surface area (Å²) in [6.45, 7) is 5.59. The molecule has 5 nitrogen and oxygen atoms in total. The fourth-order valence-electron chi connectivity index (χ4n) is 3.21. The molecule has 1 aliphatic carbocycles. The first kappa shape index (κ1) is 20.8. The second-order valence-electron chi connectivity index (χ2n) is 7.61. The molecule has 30 heavy (non-hydrogen) atoms. The Labute approximate surface area is 184 Å². The number of ketones is 1. The number of rotatable bonds is 7. The van der Waals surface area contributed by atoms with Crippen molar-refractivity contribution in [1.29, 1.82) is 0 Å². The molecule has 0 bridgehead atoms. The molecule has 1 saturated carbocycles. The number of nitrogens with zero attached hydrogens (tertiary/aromatic N) is 3. The molecule has 1 aromatic heterocycles. The predicted molar refractivity (Wildman–Crippen MR) is 121 cm³/mol. The lowest BCUT2D eigenvalue weighted by Crippen LogP contribution is -2.30. The van der Waals surface area contributed by atoms with Crippen molar-refractivity contribution in [2.45, 2.75) is 49.2 Å². The summed E-state index contributed by atoms with van der Waals surface area (Å²) < 4.78 is 0.683. The second-order valence-corrected chi connectivity index (χ2v) is 9.92. The molecule has 0 aliphatic heterocycles. The van der Waals surface area contributed by atoms with Crippen LogP contribution >= 0.6 is 23.1 Å². The highest BCUT2D eigenvalue weighted by molar-refractivity contribution is 8.02. The first-order valence-electron chi connectivity index (χ1n) is 9.90. The molecular weight excluding hydrogens is 414 g/mol. The van der Waals surface area contributed by atoms with Gasteiger partial charge in [-0.05, 0) is 32.3 Å². The van der Waals surface area contributed by atoms with Crippen molar-refractivity contribution in [3.05, 3.63) is 70.8 Å². The fourth-order valence-corrected chi connectivity index (χ4v) is 5.44. The molecule has 1 heterocycles. The smallest absolute Gasteiger partial charge is 0.225 e. The molecule has 154 valence electrons. The van der Waals surface area contributed by atoms with Crippen molar-refractivity contribution in [2.24, 2.45) is 0 Å². The molecule has 1 atom stereocenters. The fraction of sp³-hybridized carbons (Fsp3) is 0.304. The summed E-state index contributed by atoms with van der Waals surface area (Å²) in [7, 11) is 0. The zero-order valence-corrected chi connectivity index (χ0v) is 18.8. The van der Waals surface area contributed by atoms with Gasteiger partial charge in [0.1, 0.15) is 0 Å². The number of carbonyl (C=O) groups is 2. The normalized spacial score (nSPS) is 14.4. The van der Waals surface area contributed by atoms with Gasteiger partial charge in [-0.15, -0.1) is 10.2 Å². The molecule has 2 aromatic carbocycles. The summed E-state index contributed by atoms with van der Waals surface area (Å²) in [5, 5.41) is 8.71. The van der Waals surface area contributed by atoms with Gasteiger partial charge in [0.05, 0.1) is 5.25 Å². The van der Waals surface area contributed by atoms with Crippen LogP contribution in [0.2, 0.25) is 0 Å². The highest BCUT2D eigenvalue weighted by atomic mass is 32.2. The van der Waals surface area contributed by atoms with E-state index in [0.717, 1.165) is 29.5 Å². The lowest BCUT2D eigenvalue weighted by atomic mass is 10.0. The van der Waals surface area contributed by atoms with Crippen molar-refractivity contribution in [3.63, 3.8) is 0 Å². The summed E-state index contributed by atoms with van der Waals surface area (Å²) >= 11 is 2.77. The van der Waals surface area contributed by atoms with E-state index in [1.165, 1.54) is 23.1 Å². The van der Waals surface area contributed by atoms with E-state index in [4.69, 9.17) is 0 Å². The molecular formula is C23H23N3O2S2. The monoisotopic (exact) mass is 437 g/mol. The lowest BCUT2D eigenvalue weighted by Gasteiger charge is -2.16. The number of Topliss-reactive ketones (excluding diaryl/α,β-unsaturated/α-hetero) is 1. The molecule has 0 radical (unpaired) electrons. The van der Waals surface area contributed by atoms with Gasteiger partial charge in [0, 0.05) is 18.5 Å². The number of hydrogen-bond donors (Lipinski definition) is 0. The van der Waals surface area contributed by atoms with Gasteiger partial charge in [0.2, 0.25) is 11.0 Å². The number of aryl methyl sites for hydroxylation is 2. The van der Waals surface area contributed by atoms with Crippen LogP contribution in [0.15, 0.2) is 52.9 Å². The van der Waals surface area contributed by atoms with Crippen LogP contribution in [0.25, 0.3) is 0 Å². The number of amides is 1. The highest BCUT2D eigenvalue weighted by Crippen LogP contribution is 2.42. The van der Waals surface area contributed by atoms with Gasteiger partial charge in [0.15, 0.2) is 10.1 Å². The van der Waals surface area contributed by atoms with E-state index in [0.29, 0.717) is 15.0 Å². The van der Waals surface area contributed by atoms with E-state index in [2.05, 4.69) is 10.2 Å². The van der Waals surface area contributed by atoms with Gasteiger partial charge in [-0.3, -0.25) is 14.5 Å². The Morgan fingerprint density at radius 3 is 2.17 bits per heavy atom. The maximum absolute atomic E-state index is 13.4. The van der Waals surface area contributed by atoms with E-state index >= 15 is 0 Å². The van der Waals surface area contributed by atoms with E-state index in [9.17, 15) is 9.59 Å². The topological polar surface area (TPSA) is 63.2 Å². The molecule has 7 heteroatoms. The summed E-state index contributed by atoms with van der Waals surface area (Å²) in [4.78, 5) is 27.1. The number of aromatic nitrogens is 2. The van der Waals surface area contributed by atoms with Crippen LogP contribution in [-0.2, 0) is 4.79 Å². The van der Waals surface area contributed by atoms with Crippen molar-refractivity contribution in [1.82, 2.24) is 10.2 Å². The molecule has 0 saturated heterocycles. The van der Waals surface area contributed by atoms with Gasteiger partial charge in [-0.2, -0.15) is 0 Å². The van der Waals surface area contributed by atoms with Gasteiger partial charge in [-0.25, -0.2) is 0 Å². The first-order valence-corrected chi connectivity index (χ1v) is 11.6. The van der Waals surface area contributed by atoms with E-state index in [-0.39, 0.29) is 17.7 Å². The summed E-state index contributed by atoms with van der Waals surface area (Å²) in [5.41, 5.74) is 3.86. The lowest BCUT2D eigenvalue weighted by molar-refractivity contribution is -0.116. The average molecular weight is 438 g/mol. The van der Waals surface area contributed by atoms with Crippen LogP contribution in [-0.4, -0.2) is 27.9 Å². The highest BCUT2D eigenvalue weighted by Gasteiger charge is 2.34. The van der Waals surface area contributed by atoms with E-state index < -0.39 is 5.25 Å². The molecule has 0 N–H and O–H groups in total. The average Bonchev–Trinajstić information content (AvgIpc) is 3.44. The van der Waals surface area contributed by atoms with E-state index in [1.807, 2.05) is 62.4 Å². The second kappa shape index (κ2) is 8.70. The summed E-state index contributed by atoms with van der Waals surface area (Å²) in [6, 6.07) is 15.9. The summed E-state index contributed by atoms with van der Waals surface area (Å²) in [5.74, 6) is 0.0160. The van der Waals surface area contributed by atoms with Crippen LogP contribution < -0.4 is 4.90 Å². The standard InChI is InChI=1S/C23H23N3O2S2/c1-14-4-8-17(9-5-14)20(28)21(18-10-6-15(2)7-11-18)29-23-25-24-22(30-23)26(16(3)27)19-12-13-19/h4-11,19,21H,12-13H2,1-3H3. The van der Waals surface area contributed by atoms with Crippen LogP contribution in [0.3, 0.4) is 0 Å². The van der Waals surface area contributed by atoms with Crippen LogP contribution in [0.1, 0.15) is 52.1 Å². The maximum Gasteiger partial charge on any atom is 0.225 e. The first-order chi connectivity index (χ1) is 14.4. The number of benzene rings is 2. The molecule has 4 rings (SSSR count). The van der Waals surface area contributed by atoms with Gasteiger partial charge in [0.25, 0.3) is 0 Å². The Morgan fingerprint density at radius 1 is 1.00 bits per heavy atom. The number of anilines is 1. The predicted octanol–water partition coefficient (Wildman–Crippen LogP) is 5.39. The van der Waals surface area contributed by atoms with Crippen LogP contribution in [0, 0.1) is 13.8 Å². The third kappa shape index (κ3) is 4.63. The Hall–Kier alpha value is -2.51. The van der Waals surface area contributed by atoms with Crippen molar-refractivity contribution >= 4 is 39.9 Å². The molecule has 1 amide bonds. The largest absolute Gasteiger partial charge is 0.293 e. The Kier molecular flexibility index (Phi) is 6.01. The third-order valence-electron chi connectivity index (χ3n) is 5.03. The van der Waals surface area contributed by atoms with Crippen LogP contribution in [0.5, 0.6) is 0 Å². The molecule has 3 aromatic rings. The SMILES string of the molecule is CC(=O)N(c1nnc(SC(C(=O)c2ccc(C)cc2)c2ccc(C)cc2)s1)C1CC1. The minimum Gasteiger partial charge on any atom is -0.293 e. The zero-order chi connectivity index (χ0) is 21.3. The van der Waals surface area contributed by atoms with Gasteiger partial charge < -0.3 is 0 Å². The molecule has 1 aliphatic rings. The molecule has 1 unspecified atom stereocenters. The van der Waals surface area contributed by atoms with Crippen molar-refractivity contribution in [2.75, 3.05) is 4.90 Å². The zero-order valence-electron chi connectivity index (χ0n) is 17.2. The number of thioether (sulfide) groups is 1. The van der Waals surface area contributed by atoms with Gasteiger partial charge in [-0.1, -0.05) is 82.8 Å².